The highest BCUT2D eigenvalue weighted by atomic mass is 35.5. The van der Waals surface area contributed by atoms with E-state index in [1.54, 1.807) is 23.7 Å². The number of nitrogens with zero attached hydrogens (tertiary/aromatic N) is 2. The van der Waals surface area contributed by atoms with Crippen LogP contribution in [0.2, 0.25) is 15.1 Å². The van der Waals surface area contributed by atoms with Crippen molar-refractivity contribution in [2.24, 2.45) is 12.0 Å². The second-order valence-corrected chi connectivity index (χ2v) is 10.4. The first-order valence-corrected chi connectivity index (χ1v) is 11.8. The Balaban J connectivity index is 1.73. The number of halogens is 3. The van der Waals surface area contributed by atoms with Gasteiger partial charge in [-0.2, -0.15) is 4.99 Å². The zero-order valence-corrected chi connectivity index (χ0v) is 18.6. The molecule has 28 heavy (non-hydrogen) atoms. The first kappa shape index (κ1) is 21.3. The molecule has 1 amide bonds. The number of thiazole rings is 1. The normalized spacial score (nSPS) is 12.6. The van der Waals surface area contributed by atoms with Gasteiger partial charge in [-0.1, -0.05) is 46.1 Å². The average molecular weight is 478 g/mol. The van der Waals surface area contributed by atoms with E-state index in [1.165, 1.54) is 35.6 Å². The molecule has 0 aliphatic carbocycles. The number of sulfone groups is 1. The Bertz CT molecular complexity index is 1210. The molecule has 2 aromatic carbocycles. The first-order valence-electron chi connectivity index (χ1n) is 8.18. The predicted molar refractivity (Wildman–Crippen MR) is 114 cm³/mol. The molecule has 0 spiro atoms. The molecule has 0 atom stereocenters. The number of hydrogen-bond acceptors (Lipinski definition) is 4. The van der Waals surface area contributed by atoms with Crippen LogP contribution in [-0.4, -0.2) is 24.6 Å². The number of benzene rings is 2. The highest BCUT2D eigenvalue weighted by Crippen LogP contribution is 2.31. The Kier molecular flexibility index (Phi) is 6.51. The largest absolute Gasteiger partial charge is 0.318 e. The number of carbonyl (C=O) groups excluding carboxylic acids is 1. The highest BCUT2D eigenvalue weighted by molar-refractivity contribution is 7.91. The van der Waals surface area contributed by atoms with Crippen molar-refractivity contribution in [3.05, 3.63) is 56.3 Å². The van der Waals surface area contributed by atoms with Crippen molar-refractivity contribution in [2.75, 3.05) is 5.75 Å². The molecule has 0 saturated carbocycles. The number of aryl methyl sites for hydroxylation is 1. The van der Waals surface area contributed by atoms with Crippen LogP contribution in [-0.2, 0) is 21.7 Å². The van der Waals surface area contributed by atoms with E-state index >= 15 is 0 Å². The van der Waals surface area contributed by atoms with Crippen LogP contribution in [0.5, 0.6) is 0 Å². The van der Waals surface area contributed by atoms with Crippen molar-refractivity contribution in [1.29, 1.82) is 0 Å². The molecule has 0 unspecified atom stereocenters. The van der Waals surface area contributed by atoms with E-state index in [0.29, 0.717) is 25.4 Å². The molecule has 0 radical (unpaired) electrons. The van der Waals surface area contributed by atoms with E-state index in [4.69, 9.17) is 34.8 Å². The molecule has 0 bridgehead atoms. The Hall–Kier alpha value is -1.38. The SMILES string of the molecule is Cn1c(=NC(=O)CCCS(=O)(=O)c2ccc(Cl)cc2)sc2c(Cl)ccc(Cl)c21. The number of carbonyl (C=O) groups is 1. The monoisotopic (exact) mass is 476 g/mol. The second-order valence-electron chi connectivity index (χ2n) is 6.03. The van der Waals surface area contributed by atoms with Gasteiger partial charge < -0.3 is 4.57 Å². The second kappa shape index (κ2) is 8.55. The molecule has 3 aromatic rings. The van der Waals surface area contributed by atoms with Gasteiger partial charge in [-0.25, -0.2) is 8.42 Å². The number of hydrogen-bond donors (Lipinski definition) is 0. The fourth-order valence-corrected chi connectivity index (χ4v) is 5.73. The minimum Gasteiger partial charge on any atom is -0.318 e. The van der Waals surface area contributed by atoms with Gasteiger partial charge in [0.1, 0.15) is 0 Å². The van der Waals surface area contributed by atoms with Crippen molar-refractivity contribution in [2.45, 2.75) is 17.7 Å². The predicted octanol–water partition coefficient (Wildman–Crippen LogP) is 4.88. The van der Waals surface area contributed by atoms with Crippen LogP contribution in [0.15, 0.2) is 46.3 Å². The summed E-state index contributed by atoms with van der Waals surface area (Å²) < 4.78 is 27.1. The Labute approximate surface area is 181 Å². The van der Waals surface area contributed by atoms with Gasteiger partial charge in [-0.15, -0.1) is 0 Å². The number of rotatable bonds is 5. The van der Waals surface area contributed by atoms with Crippen molar-refractivity contribution in [3.8, 4) is 0 Å². The van der Waals surface area contributed by atoms with E-state index in [-0.39, 0.29) is 23.5 Å². The van der Waals surface area contributed by atoms with Gasteiger partial charge in [0, 0.05) is 18.5 Å². The lowest BCUT2D eigenvalue weighted by Gasteiger charge is -2.03. The maximum atomic E-state index is 12.3. The van der Waals surface area contributed by atoms with Crippen molar-refractivity contribution in [1.82, 2.24) is 4.57 Å². The van der Waals surface area contributed by atoms with E-state index in [2.05, 4.69) is 4.99 Å². The Morgan fingerprint density at radius 1 is 1.07 bits per heavy atom. The molecule has 0 fully saturated rings. The molecule has 1 heterocycles. The summed E-state index contributed by atoms with van der Waals surface area (Å²) >= 11 is 19.4. The van der Waals surface area contributed by atoms with Gasteiger partial charge >= 0.3 is 0 Å². The summed E-state index contributed by atoms with van der Waals surface area (Å²) in [6.45, 7) is 0. The summed E-state index contributed by atoms with van der Waals surface area (Å²) in [4.78, 5) is 17.0. The van der Waals surface area contributed by atoms with Crippen molar-refractivity contribution < 1.29 is 13.2 Å². The Morgan fingerprint density at radius 3 is 2.36 bits per heavy atom. The standard InChI is InChI=1S/C18H15Cl3N2O3S2/c1-23-16-13(20)8-9-14(21)17(16)27-18(23)22-15(24)3-2-10-28(25,26)12-6-4-11(19)5-7-12/h4-9H,2-3,10H2,1H3. The van der Waals surface area contributed by atoms with E-state index < -0.39 is 15.7 Å². The maximum absolute atomic E-state index is 12.3. The lowest BCUT2D eigenvalue weighted by Crippen LogP contribution is -2.14. The summed E-state index contributed by atoms with van der Waals surface area (Å²) in [5, 5.41) is 1.51. The summed E-state index contributed by atoms with van der Waals surface area (Å²) in [7, 11) is -1.73. The summed E-state index contributed by atoms with van der Waals surface area (Å²) in [5.41, 5.74) is 0.705. The van der Waals surface area contributed by atoms with Gasteiger partial charge in [-0.05, 0) is 42.8 Å². The molecule has 3 rings (SSSR count). The van der Waals surface area contributed by atoms with E-state index in [0.717, 1.165) is 4.70 Å². The minimum absolute atomic E-state index is 0.0164. The number of amides is 1. The smallest absolute Gasteiger partial charge is 0.248 e. The first-order chi connectivity index (χ1) is 13.2. The van der Waals surface area contributed by atoms with E-state index in [1.807, 2.05) is 0 Å². The fourth-order valence-electron chi connectivity index (χ4n) is 2.62. The Morgan fingerprint density at radius 2 is 1.71 bits per heavy atom. The quantitative estimate of drug-likeness (QED) is 0.526. The van der Waals surface area contributed by atoms with E-state index in [9.17, 15) is 13.2 Å². The topological polar surface area (TPSA) is 68.5 Å². The molecule has 148 valence electrons. The van der Waals surface area contributed by atoms with Gasteiger partial charge in [0.05, 0.1) is 30.9 Å². The van der Waals surface area contributed by atoms with Gasteiger partial charge in [-0.3, -0.25) is 4.79 Å². The molecule has 0 aliphatic rings. The van der Waals surface area contributed by atoms with Gasteiger partial charge in [0.15, 0.2) is 14.6 Å². The van der Waals surface area contributed by atoms with Gasteiger partial charge in [0.25, 0.3) is 0 Å². The third kappa shape index (κ3) is 4.60. The fraction of sp³-hybridized carbons (Fsp3) is 0.222. The van der Waals surface area contributed by atoms with Crippen LogP contribution in [0.25, 0.3) is 10.2 Å². The van der Waals surface area contributed by atoms with Crippen molar-refractivity contribution >= 4 is 72.1 Å². The van der Waals surface area contributed by atoms with Gasteiger partial charge in [0.2, 0.25) is 5.91 Å². The minimum atomic E-state index is -3.48. The highest BCUT2D eigenvalue weighted by Gasteiger charge is 2.15. The van der Waals surface area contributed by atoms with Crippen LogP contribution in [0.4, 0.5) is 0 Å². The number of fused-ring (bicyclic) bond motifs is 1. The van der Waals surface area contributed by atoms with Crippen LogP contribution < -0.4 is 4.80 Å². The zero-order chi connectivity index (χ0) is 20.5. The average Bonchev–Trinajstić information content (AvgIpc) is 2.96. The van der Waals surface area contributed by atoms with Crippen LogP contribution in [0.1, 0.15) is 12.8 Å². The van der Waals surface area contributed by atoms with Crippen molar-refractivity contribution in [3.63, 3.8) is 0 Å². The summed E-state index contributed by atoms with van der Waals surface area (Å²) in [5.74, 6) is -0.549. The molecule has 0 N–H and O–H groups in total. The molecule has 1 aromatic heterocycles. The third-order valence-electron chi connectivity index (χ3n) is 4.05. The van der Waals surface area contributed by atoms with Crippen LogP contribution in [0.3, 0.4) is 0 Å². The summed E-state index contributed by atoms with van der Waals surface area (Å²) in [6.07, 6.45) is 0.186. The summed E-state index contributed by atoms with van der Waals surface area (Å²) in [6, 6.07) is 9.32. The van der Waals surface area contributed by atoms with Crippen LogP contribution in [0, 0.1) is 0 Å². The molecule has 0 saturated heterocycles. The molecule has 10 heteroatoms. The molecule has 5 nitrogen and oxygen atoms in total. The molecular formula is C18H15Cl3N2O3S2. The maximum Gasteiger partial charge on any atom is 0.248 e. The van der Waals surface area contributed by atoms with Crippen LogP contribution >= 0.6 is 46.1 Å². The third-order valence-corrected chi connectivity index (χ3v) is 8.01. The lowest BCUT2D eigenvalue weighted by molar-refractivity contribution is -0.118. The molecular weight excluding hydrogens is 463 g/mol. The lowest BCUT2D eigenvalue weighted by atomic mass is 10.3. The molecule has 0 aliphatic heterocycles. The number of aromatic nitrogens is 1. The zero-order valence-electron chi connectivity index (χ0n) is 14.7.